The fourth-order valence-electron chi connectivity index (χ4n) is 1.68. The highest BCUT2D eigenvalue weighted by molar-refractivity contribution is 8.11. The molecule has 0 aliphatic rings. The molecule has 0 atom stereocenters. The molecule has 0 aliphatic carbocycles. The smallest absolute Gasteiger partial charge is 0.175 e. The van der Waals surface area contributed by atoms with E-state index in [1.165, 1.54) is 6.26 Å². The van der Waals surface area contributed by atoms with Gasteiger partial charge in [0.25, 0.3) is 0 Å². The van der Waals surface area contributed by atoms with Crippen molar-refractivity contribution in [3.8, 4) is 0 Å². The third-order valence-corrected chi connectivity index (χ3v) is 4.18. The van der Waals surface area contributed by atoms with E-state index in [4.69, 9.17) is 12.2 Å². The molecule has 100 valence electrons. The fraction of sp³-hybridized carbons (Fsp3) is 0.167. The lowest BCUT2D eigenvalue weighted by atomic mass is 10.1. The highest BCUT2D eigenvalue weighted by Gasteiger charge is 2.09. The van der Waals surface area contributed by atoms with Crippen molar-refractivity contribution in [2.45, 2.75) is 11.3 Å². The number of benzene rings is 1. The molecule has 7 heteroatoms. The Morgan fingerprint density at radius 1 is 1.37 bits per heavy atom. The summed E-state index contributed by atoms with van der Waals surface area (Å²) in [4.78, 5) is 4.52. The van der Waals surface area contributed by atoms with E-state index < -0.39 is 9.84 Å². The second-order valence-electron chi connectivity index (χ2n) is 4.09. The Balaban J connectivity index is 2.25. The fourth-order valence-corrected chi connectivity index (χ4v) is 2.66. The molecule has 1 heterocycles. The van der Waals surface area contributed by atoms with Crippen LogP contribution < -0.4 is 0 Å². The first-order valence-corrected chi connectivity index (χ1v) is 8.17. The lowest BCUT2D eigenvalue weighted by Crippen LogP contribution is -2.07. The van der Waals surface area contributed by atoms with Crippen LogP contribution in [0.3, 0.4) is 0 Å². The standard InChI is InChI=1S/C12H12N2O2S3/c1-19(15,16)10-4-2-9(3-5-10)8-11-13-6-7-14(11)12(17)18/h2-7H,8H2,1H3,(H,17,18). The topological polar surface area (TPSA) is 52.0 Å². The molecular weight excluding hydrogens is 300 g/mol. The summed E-state index contributed by atoms with van der Waals surface area (Å²) < 4.78 is 24.9. The lowest BCUT2D eigenvalue weighted by Gasteiger charge is -2.05. The zero-order valence-corrected chi connectivity index (χ0v) is 12.7. The minimum atomic E-state index is -3.16. The predicted molar refractivity (Wildman–Crippen MR) is 81.6 cm³/mol. The molecule has 0 aliphatic heterocycles. The molecule has 0 spiro atoms. The molecule has 2 rings (SSSR count). The van der Waals surface area contributed by atoms with Crippen LogP contribution in [0, 0.1) is 0 Å². The lowest BCUT2D eigenvalue weighted by molar-refractivity contribution is 0.602. The molecule has 2 aromatic rings. The predicted octanol–water partition coefficient (Wildman–Crippen LogP) is 1.94. The molecule has 0 unspecified atom stereocenters. The highest BCUT2D eigenvalue weighted by atomic mass is 32.2. The van der Waals surface area contributed by atoms with E-state index in [1.54, 1.807) is 41.2 Å². The van der Waals surface area contributed by atoms with Crippen LogP contribution in [0.1, 0.15) is 11.4 Å². The molecule has 4 nitrogen and oxygen atoms in total. The zero-order chi connectivity index (χ0) is 14.0. The molecule has 0 radical (unpaired) electrons. The van der Waals surface area contributed by atoms with Crippen molar-refractivity contribution in [3.05, 3.63) is 48.0 Å². The van der Waals surface area contributed by atoms with Crippen molar-refractivity contribution in [2.75, 3.05) is 6.26 Å². The maximum Gasteiger partial charge on any atom is 0.175 e. The summed E-state index contributed by atoms with van der Waals surface area (Å²) in [5.41, 5.74) is 0.962. The Hall–Kier alpha value is -1.18. The number of thiocarbonyl (C=S) groups is 1. The largest absolute Gasteiger partial charge is 0.289 e. The Labute approximate surface area is 122 Å². The van der Waals surface area contributed by atoms with Crippen molar-refractivity contribution in [1.29, 1.82) is 0 Å². The van der Waals surface area contributed by atoms with Gasteiger partial charge < -0.3 is 0 Å². The Bertz CT molecular complexity index is 703. The Morgan fingerprint density at radius 2 is 2.00 bits per heavy atom. The zero-order valence-electron chi connectivity index (χ0n) is 10.1. The van der Waals surface area contributed by atoms with Crippen LogP contribution in [0.2, 0.25) is 0 Å². The summed E-state index contributed by atoms with van der Waals surface area (Å²) in [6, 6.07) is 6.74. The molecule has 0 saturated heterocycles. The van der Waals surface area contributed by atoms with Gasteiger partial charge in [0.15, 0.2) is 9.84 Å². The van der Waals surface area contributed by atoms with Crippen molar-refractivity contribution >= 4 is 39.0 Å². The van der Waals surface area contributed by atoms with Crippen molar-refractivity contribution < 1.29 is 8.42 Å². The van der Waals surface area contributed by atoms with Gasteiger partial charge in [-0.2, -0.15) is 0 Å². The van der Waals surface area contributed by atoms with Gasteiger partial charge in [0, 0.05) is 25.1 Å². The van der Waals surface area contributed by atoms with Gasteiger partial charge in [-0.15, -0.1) is 12.6 Å². The highest BCUT2D eigenvalue weighted by Crippen LogP contribution is 2.13. The molecule has 0 amide bonds. The third kappa shape index (κ3) is 3.43. The van der Waals surface area contributed by atoms with Crippen LogP contribution in [0.4, 0.5) is 0 Å². The quantitative estimate of drug-likeness (QED) is 0.695. The van der Waals surface area contributed by atoms with Gasteiger partial charge in [0.05, 0.1) is 4.90 Å². The van der Waals surface area contributed by atoms with E-state index in [1.807, 2.05) is 0 Å². The van der Waals surface area contributed by atoms with E-state index in [0.29, 0.717) is 15.6 Å². The normalized spacial score (nSPS) is 11.5. The van der Waals surface area contributed by atoms with Crippen LogP contribution in [0.25, 0.3) is 0 Å². The third-order valence-electron chi connectivity index (χ3n) is 2.64. The average molecular weight is 312 g/mol. The van der Waals surface area contributed by atoms with Gasteiger partial charge in [-0.05, 0) is 17.7 Å². The van der Waals surface area contributed by atoms with Gasteiger partial charge >= 0.3 is 0 Å². The average Bonchev–Trinajstić information content (AvgIpc) is 2.77. The first kappa shape index (κ1) is 14.2. The molecule has 1 aromatic carbocycles. The molecule has 19 heavy (non-hydrogen) atoms. The minimum absolute atomic E-state index is 0.310. The van der Waals surface area contributed by atoms with Gasteiger partial charge in [0.2, 0.25) is 0 Å². The maximum atomic E-state index is 11.4. The van der Waals surface area contributed by atoms with Crippen molar-refractivity contribution in [3.63, 3.8) is 0 Å². The van der Waals surface area contributed by atoms with Gasteiger partial charge in [-0.1, -0.05) is 24.4 Å². The molecule has 1 aromatic heterocycles. The number of hydrogen-bond acceptors (Lipinski definition) is 4. The first-order valence-electron chi connectivity index (χ1n) is 5.42. The van der Waals surface area contributed by atoms with E-state index in [9.17, 15) is 8.42 Å². The number of nitrogens with zero attached hydrogens (tertiary/aromatic N) is 2. The van der Waals surface area contributed by atoms with E-state index in [2.05, 4.69) is 17.6 Å². The summed E-state index contributed by atoms with van der Waals surface area (Å²) in [6.07, 6.45) is 5.16. The second-order valence-corrected chi connectivity index (χ2v) is 7.22. The summed E-state index contributed by atoms with van der Waals surface area (Å²) >= 11 is 9.12. The number of sulfone groups is 1. The van der Waals surface area contributed by atoms with Gasteiger partial charge in [-0.3, -0.25) is 4.57 Å². The molecule has 0 fully saturated rings. The minimum Gasteiger partial charge on any atom is -0.289 e. The van der Waals surface area contributed by atoms with Gasteiger partial charge in [-0.25, -0.2) is 13.4 Å². The van der Waals surface area contributed by atoms with Crippen LogP contribution in [0.5, 0.6) is 0 Å². The SMILES string of the molecule is CS(=O)(=O)c1ccc(Cc2nccn2C(=S)S)cc1. The van der Waals surface area contributed by atoms with Crippen LogP contribution in [-0.4, -0.2) is 28.5 Å². The number of rotatable bonds is 3. The van der Waals surface area contributed by atoms with E-state index in [-0.39, 0.29) is 0 Å². The van der Waals surface area contributed by atoms with Crippen molar-refractivity contribution in [2.24, 2.45) is 0 Å². The van der Waals surface area contributed by atoms with Crippen LogP contribution in [-0.2, 0) is 16.3 Å². The number of imidazole rings is 1. The maximum absolute atomic E-state index is 11.4. The number of aromatic nitrogens is 2. The molecule has 0 N–H and O–H groups in total. The summed E-state index contributed by atoms with van der Waals surface area (Å²) in [7, 11) is -3.16. The number of hydrogen-bond donors (Lipinski definition) is 1. The molecule has 0 saturated carbocycles. The van der Waals surface area contributed by atoms with E-state index >= 15 is 0 Å². The molecule has 0 bridgehead atoms. The Morgan fingerprint density at radius 3 is 2.53 bits per heavy atom. The second kappa shape index (κ2) is 5.44. The van der Waals surface area contributed by atoms with E-state index in [0.717, 1.165) is 11.4 Å². The monoisotopic (exact) mass is 312 g/mol. The molecular formula is C12H12N2O2S3. The Kier molecular flexibility index (Phi) is 4.07. The van der Waals surface area contributed by atoms with Crippen LogP contribution >= 0.6 is 24.8 Å². The summed E-state index contributed by atoms with van der Waals surface area (Å²) in [5.74, 6) is 0.770. The first-order chi connectivity index (χ1) is 8.88. The van der Waals surface area contributed by atoms with Crippen molar-refractivity contribution in [1.82, 2.24) is 9.55 Å². The number of thiol groups is 1. The summed E-state index contributed by atoms with van der Waals surface area (Å²) in [5, 5.41) is 0. The van der Waals surface area contributed by atoms with Crippen LogP contribution in [0.15, 0.2) is 41.6 Å². The van der Waals surface area contributed by atoms with Gasteiger partial charge in [0.1, 0.15) is 10.1 Å². The summed E-state index contributed by atoms with van der Waals surface area (Å²) in [6.45, 7) is 0.